The van der Waals surface area contributed by atoms with Gasteiger partial charge in [-0.2, -0.15) is 4.31 Å². The van der Waals surface area contributed by atoms with Crippen LogP contribution in [0.3, 0.4) is 0 Å². The van der Waals surface area contributed by atoms with Crippen LogP contribution in [-0.4, -0.2) is 58.4 Å². The molecule has 0 unspecified atom stereocenters. The first-order chi connectivity index (χ1) is 14.9. The molecule has 2 aromatic carbocycles. The van der Waals surface area contributed by atoms with Crippen molar-refractivity contribution in [2.45, 2.75) is 17.7 Å². The number of benzene rings is 2. The van der Waals surface area contributed by atoms with Gasteiger partial charge in [0.25, 0.3) is 0 Å². The van der Waals surface area contributed by atoms with Crippen LogP contribution in [0.1, 0.15) is 23.2 Å². The Balaban J connectivity index is 1.56. The highest BCUT2D eigenvalue weighted by molar-refractivity contribution is 7.89. The van der Waals surface area contributed by atoms with Gasteiger partial charge in [0.05, 0.1) is 30.6 Å². The van der Waals surface area contributed by atoms with Crippen LogP contribution in [0.25, 0.3) is 0 Å². The highest BCUT2D eigenvalue weighted by Crippen LogP contribution is 2.26. The number of ketones is 1. The van der Waals surface area contributed by atoms with Gasteiger partial charge < -0.3 is 14.2 Å². The number of piperidine rings is 1. The average molecular weight is 448 g/mol. The molecule has 2 aromatic rings. The van der Waals surface area contributed by atoms with Crippen molar-refractivity contribution in [3.8, 4) is 11.5 Å². The molecule has 8 nitrogen and oxygen atoms in total. The molecule has 0 amide bonds. The quantitative estimate of drug-likeness (QED) is 0.453. The summed E-state index contributed by atoms with van der Waals surface area (Å²) in [6.07, 6.45) is 0.670. The molecule has 0 atom stereocenters. The van der Waals surface area contributed by atoms with E-state index in [2.05, 4.69) is 0 Å². The molecule has 3 rings (SSSR count). The number of hydrogen-bond acceptors (Lipinski definition) is 7. The first-order valence-corrected chi connectivity index (χ1v) is 11.3. The molecule has 0 spiro atoms. The van der Waals surface area contributed by atoms with Gasteiger partial charge in [0, 0.05) is 13.1 Å². The Labute approximate surface area is 181 Å². The van der Waals surface area contributed by atoms with Crippen molar-refractivity contribution >= 4 is 21.8 Å². The Kier molecular flexibility index (Phi) is 7.29. The third-order valence-corrected chi connectivity index (χ3v) is 7.13. The zero-order chi connectivity index (χ0) is 22.4. The summed E-state index contributed by atoms with van der Waals surface area (Å²) in [5, 5.41) is 0. The second-order valence-electron chi connectivity index (χ2n) is 7.09. The van der Waals surface area contributed by atoms with E-state index in [1.807, 2.05) is 0 Å². The smallest absolute Gasteiger partial charge is 0.309 e. The van der Waals surface area contributed by atoms with Crippen LogP contribution in [0, 0.1) is 5.92 Å². The molecule has 31 heavy (non-hydrogen) atoms. The van der Waals surface area contributed by atoms with Crippen LogP contribution in [0.4, 0.5) is 0 Å². The maximum absolute atomic E-state index is 12.7. The van der Waals surface area contributed by atoms with Crippen molar-refractivity contribution in [3.05, 3.63) is 54.1 Å². The fourth-order valence-electron chi connectivity index (χ4n) is 3.44. The lowest BCUT2D eigenvalue weighted by Crippen LogP contribution is -2.40. The zero-order valence-corrected chi connectivity index (χ0v) is 18.3. The van der Waals surface area contributed by atoms with E-state index in [1.165, 1.54) is 24.6 Å². The maximum Gasteiger partial charge on any atom is 0.309 e. The summed E-state index contributed by atoms with van der Waals surface area (Å²) in [4.78, 5) is 25.2. The first-order valence-electron chi connectivity index (χ1n) is 9.84. The van der Waals surface area contributed by atoms with Gasteiger partial charge in [0.15, 0.2) is 6.61 Å². The van der Waals surface area contributed by atoms with E-state index >= 15 is 0 Å². The van der Waals surface area contributed by atoms with Crippen LogP contribution in [-0.2, 0) is 19.6 Å². The summed E-state index contributed by atoms with van der Waals surface area (Å²) >= 11 is 0. The highest BCUT2D eigenvalue weighted by atomic mass is 32.2. The molecular weight excluding hydrogens is 422 g/mol. The number of nitrogens with zero attached hydrogens (tertiary/aromatic N) is 1. The fourth-order valence-corrected chi connectivity index (χ4v) is 4.93. The molecule has 9 heteroatoms. The highest BCUT2D eigenvalue weighted by Gasteiger charge is 2.33. The molecule has 1 heterocycles. The average Bonchev–Trinajstić information content (AvgIpc) is 2.82. The molecule has 0 N–H and O–H groups in total. The molecular formula is C22H25NO7S. The molecule has 1 aliphatic rings. The Bertz CT molecular complexity index is 1030. The van der Waals surface area contributed by atoms with Crippen LogP contribution < -0.4 is 9.47 Å². The van der Waals surface area contributed by atoms with Crippen molar-refractivity contribution in [3.63, 3.8) is 0 Å². The van der Waals surface area contributed by atoms with E-state index in [0.717, 1.165) is 0 Å². The lowest BCUT2D eigenvalue weighted by molar-refractivity contribution is -0.148. The predicted molar refractivity (Wildman–Crippen MR) is 113 cm³/mol. The SMILES string of the molecule is COc1ccc(OC)c(C(=O)COC(=O)C2CCN(S(=O)(=O)c3ccccc3)CC2)c1. The largest absolute Gasteiger partial charge is 0.497 e. The van der Waals surface area contributed by atoms with Crippen LogP contribution in [0.2, 0.25) is 0 Å². The third kappa shape index (κ3) is 5.23. The van der Waals surface area contributed by atoms with E-state index < -0.39 is 34.3 Å². The predicted octanol–water partition coefficient (Wildman–Crippen LogP) is 2.53. The third-order valence-electron chi connectivity index (χ3n) is 5.22. The van der Waals surface area contributed by atoms with E-state index in [9.17, 15) is 18.0 Å². The van der Waals surface area contributed by atoms with Crippen LogP contribution in [0.15, 0.2) is 53.4 Å². The lowest BCUT2D eigenvalue weighted by Gasteiger charge is -2.30. The first kappa shape index (κ1) is 22.8. The monoisotopic (exact) mass is 447 g/mol. The molecule has 0 aliphatic carbocycles. The van der Waals surface area contributed by atoms with Gasteiger partial charge in [-0.1, -0.05) is 18.2 Å². The summed E-state index contributed by atoms with van der Waals surface area (Å²) in [7, 11) is -0.653. The van der Waals surface area contributed by atoms with Crippen molar-refractivity contribution in [1.82, 2.24) is 4.31 Å². The number of esters is 1. The molecule has 1 fully saturated rings. The van der Waals surface area contributed by atoms with Gasteiger partial charge in [-0.05, 0) is 43.2 Å². The van der Waals surface area contributed by atoms with Gasteiger partial charge in [0.2, 0.25) is 15.8 Å². The lowest BCUT2D eigenvalue weighted by atomic mass is 9.98. The van der Waals surface area contributed by atoms with E-state index in [0.29, 0.717) is 24.3 Å². The molecule has 0 radical (unpaired) electrons. The molecule has 0 aromatic heterocycles. The van der Waals surface area contributed by atoms with Crippen molar-refractivity contribution in [2.75, 3.05) is 33.9 Å². The van der Waals surface area contributed by atoms with Gasteiger partial charge in [0.1, 0.15) is 11.5 Å². The van der Waals surface area contributed by atoms with E-state index in [1.54, 1.807) is 42.5 Å². The van der Waals surface area contributed by atoms with Gasteiger partial charge in [-0.3, -0.25) is 9.59 Å². The Morgan fingerprint density at radius 1 is 1.00 bits per heavy atom. The number of methoxy groups -OCH3 is 2. The maximum atomic E-state index is 12.7. The zero-order valence-electron chi connectivity index (χ0n) is 17.4. The second-order valence-corrected chi connectivity index (χ2v) is 9.03. The number of sulfonamides is 1. The number of carbonyl (C=O) groups is 2. The van der Waals surface area contributed by atoms with Gasteiger partial charge in [-0.25, -0.2) is 8.42 Å². The standard InChI is InChI=1S/C22H25NO7S/c1-28-17-8-9-21(29-2)19(14-17)20(24)15-30-22(25)16-10-12-23(13-11-16)31(26,27)18-6-4-3-5-7-18/h3-9,14,16H,10-13,15H2,1-2H3. The molecule has 0 bridgehead atoms. The molecule has 1 saturated heterocycles. The summed E-state index contributed by atoms with van der Waals surface area (Å²) in [5.41, 5.74) is 0.262. The molecule has 166 valence electrons. The second kappa shape index (κ2) is 9.93. The minimum Gasteiger partial charge on any atom is -0.497 e. The molecule has 0 saturated carbocycles. The number of ether oxygens (including phenoxy) is 3. The Morgan fingerprint density at radius 2 is 1.68 bits per heavy atom. The summed E-state index contributed by atoms with van der Waals surface area (Å²) in [5.74, 6) is -0.522. The van der Waals surface area contributed by atoms with Crippen molar-refractivity contribution in [2.24, 2.45) is 5.92 Å². The van der Waals surface area contributed by atoms with Gasteiger partial charge >= 0.3 is 5.97 Å². The fraction of sp³-hybridized carbons (Fsp3) is 0.364. The van der Waals surface area contributed by atoms with Crippen molar-refractivity contribution in [1.29, 1.82) is 0 Å². The minimum absolute atomic E-state index is 0.217. The number of carbonyl (C=O) groups excluding carboxylic acids is 2. The van der Waals surface area contributed by atoms with Crippen LogP contribution in [0.5, 0.6) is 11.5 Å². The van der Waals surface area contributed by atoms with Crippen molar-refractivity contribution < 1.29 is 32.2 Å². The normalized spacial score (nSPS) is 15.3. The topological polar surface area (TPSA) is 99.2 Å². The summed E-state index contributed by atoms with van der Waals surface area (Å²) in [6, 6.07) is 13.0. The van der Waals surface area contributed by atoms with Crippen LogP contribution >= 0.6 is 0 Å². The minimum atomic E-state index is -3.59. The number of Topliss-reactive ketones (excluding diaryl/α,β-unsaturated/α-hetero) is 1. The Hall–Kier alpha value is -2.91. The van der Waals surface area contributed by atoms with E-state index in [-0.39, 0.29) is 23.5 Å². The number of hydrogen-bond donors (Lipinski definition) is 0. The van der Waals surface area contributed by atoms with E-state index in [4.69, 9.17) is 14.2 Å². The summed E-state index contributed by atoms with van der Waals surface area (Å²) in [6.45, 7) is 0.00812. The number of rotatable bonds is 8. The van der Waals surface area contributed by atoms with Gasteiger partial charge in [-0.15, -0.1) is 0 Å². The molecule has 1 aliphatic heterocycles. The Morgan fingerprint density at radius 3 is 2.29 bits per heavy atom. The summed E-state index contributed by atoms with van der Waals surface area (Å²) < 4.78 is 42.3.